The zero-order valence-corrected chi connectivity index (χ0v) is 19.2. The van der Waals surface area contributed by atoms with E-state index >= 15 is 0 Å². The predicted molar refractivity (Wildman–Crippen MR) is 126 cm³/mol. The molecular weight excluding hydrogens is 450 g/mol. The Kier molecular flexibility index (Phi) is 8.06. The molecule has 0 saturated carbocycles. The van der Waals surface area contributed by atoms with E-state index in [9.17, 15) is 18.0 Å². The number of benzene rings is 2. The summed E-state index contributed by atoms with van der Waals surface area (Å²) < 4.78 is 26.9. The van der Waals surface area contributed by atoms with Gasteiger partial charge in [-0.2, -0.15) is 0 Å². The Morgan fingerprint density at radius 1 is 1.09 bits per heavy atom. The highest BCUT2D eigenvalue weighted by molar-refractivity contribution is 7.88. The number of nitrogens with one attached hydrogen (secondary N) is 2. The van der Waals surface area contributed by atoms with Crippen LogP contribution in [0.15, 0.2) is 61.2 Å². The van der Waals surface area contributed by atoms with Gasteiger partial charge in [-0.3, -0.25) is 9.59 Å². The lowest BCUT2D eigenvalue weighted by Gasteiger charge is -2.30. The molecule has 0 atom stereocenters. The first-order chi connectivity index (χ1) is 15.3. The zero-order valence-electron chi connectivity index (χ0n) is 17.6. The number of halogens is 1. The van der Waals surface area contributed by atoms with Gasteiger partial charge in [0.1, 0.15) is 0 Å². The van der Waals surface area contributed by atoms with E-state index in [0.717, 1.165) is 0 Å². The van der Waals surface area contributed by atoms with E-state index < -0.39 is 10.0 Å². The van der Waals surface area contributed by atoms with Crippen LogP contribution in [0.5, 0.6) is 0 Å². The second-order valence-electron chi connectivity index (χ2n) is 7.59. The molecule has 2 aromatic rings. The number of nitrogens with zero attached hydrogens (tertiary/aromatic N) is 1. The molecule has 3 rings (SSSR count). The number of rotatable bonds is 8. The van der Waals surface area contributed by atoms with Crippen molar-refractivity contribution in [2.75, 3.05) is 25.0 Å². The number of hydrogen-bond acceptors (Lipinski definition) is 4. The molecule has 0 unspecified atom stereocenters. The third kappa shape index (κ3) is 6.18. The second-order valence-corrected chi connectivity index (χ2v) is 9.99. The number of hydrogen-bond donors (Lipinski definition) is 2. The van der Waals surface area contributed by atoms with E-state index in [1.165, 1.54) is 4.31 Å². The molecule has 9 heteroatoms. The highest BCUT2D eigenvalue weighted by Gasteiger charge is 2.31. The minimum atomic E-state index is -3.49. The van der Waals surface area contributed by atoms with Gasteiger partial charge in [0, 0.05) is 30.6 Å². The van der Waals surface area contributed by atoms with Crippen LogP contribution in [-0.2, 0) is 20.6 Å². The molecule has 0 spiro atoms. The number of sulfonamides is 1. The van der Waals surface area contributed by atoms with Gasteiger partial charge < -0.3 is 10.6 Å². The Morgan fingerprint density at radius 2 is 1.75 bits per heavy atom. The van der Waals surface area contributed by atoms with Crippen LogP contribution in [0, 0.1) is 5.92 Å². The number of carbonyl (C=O) groups is 2. The molecule has 2 aromatic carbocycles. The van der Waals surface area contributed by atoms with Crippen LogP contribution in [0.4, 0.5) is 5.69 Å². The number of piperidine rings is 1. The summed E-state index contributed by atoms with van der Waals surface area (Å²) in [5.74, 6) is -0.956. The van der Waals surface area contributed by atoms with E-state index in [-0.39, 0.29) is 36.6 Å². The zero-order chi connectivity index (χ0) is 23.1. The first-order valence-electron chi connectivity index (χ1n) is 10.3. The SMILES string of the molecule is C=CCNC(=O)c1ccccc1NC(=O)C1CCN(S(=O)(=O)Cc2ccc(Cl)cc2)CC1. The molecule has 0 bridgehead atoms. The summed E-state index contributed by atoms with van der Waals surface area (Å²) in [4.78, 5) is 25.1. The molecule has 1 fully saturated rings. The largest absolute Gasteiger partial charge is 0.349 e. The van der Waals surface area contributed by atoms with Crippen molar-refractivity contribution in [2.24, 2.45) is 5.92 Å². The van der Waals surface area contributed by atoms with Crippen molar-refractivity contribution in [1.29, 1.82) is 0 Å². The van der Waals surface area contributed by atoms with Crippen molar-refractivity contribution in [1.82, 2.24) is 9.62 Å². The third-order valence-electron chi connectivity index (χ3n) is 5.32. The van der Waals surface area contributed by atoms with Gasteiger partial charge in [-0.05, 0) is 42.7 Å². The maximum atomic E-state index is 12.8. The van der Waals surface area contributed by atoms with Crippen molar-refractivity contribution in [2.45, 2.75) is 18.6 Å². The molecule has 7 nitrogen and oxygen atoms in total. The van der Waals surface area contributed by atoms with Gasteiger partial charge in [0.2, 0.25) is 15.9 Å². The van der Waals surface area contributed by atoms with Gasteiger partial charge >= 0.3 is 0 Å². The molecular formula is C23H26ClN3O4S. The number of carbonyl (C=O) groups excluding carboxylic acids is 2. The number of amides is 2. The summed E-state index contributed by atoms with van der Waals surface area (Å²) in [7, 11) is -3.49. The fourth-order valence-corrected chi connectivity index (χ4v) is 5.25. The predicted octanol–water partition coefficient (Wildman–Crippen LogP) is 3.44. The Bertz CT molecular complexity index is 1080. The minimum Gasteiger partial charge on any atom is -0.349 e. The summed E-state index contributed by atoms with van der Waals surface area (Å²) in [6.45, 7) is 4.44. The van der Waals surface area contributed by atoms with Crippen LogP contribution < -0.4 is 10.6 Å². The molecule has 32 heavy (non-hydrogen) atoms. The van der Waals surface area contributed by atoms with Gasteiger partial charge in [-0.25, -0.2) is 12.7 Å². The standard InChI is InChI=1S/C23H26ClN3O4S/c1-2-13-25-23(29)20-5-3-4-6-21(20)26-22(28)18-11-14-27(15-12-18)32(30,31)16-17-7-9-19(24)10-8-17/h2-10,18H,1,11-16H2,(H,25,29)(H,26,28). The molecule has 1 saturated heterocycles. The molecule has 0 radical (unpaired) electrons. The Balaban J connectivity index is 1.58. The smallest absolute Gasteiger partial charge is 0.253 e. The van der Waals surface area contributed by atoms with Gasteiger partial charge in [0.05, 0.1) is 17.0 Å². The second kappa shape index (κ2) is 10.8. The lowest BCUT2D eigenvalue weighted by Crippen LogP contribution is -2.42. The van der Waals surface area contributed by atoms with E-state index in [2.05, 4.69) is 17.2 Å². The van der Waals surface area contributed by atoms with Crippen molar-refractivity contribution in [3.63, 3.8) is 0 Å². The number of anilines is 1. The van der Waals surface area contributed by atoms with E-state index in [4.69, 9.17) is 11.6 Å². The minimum absolute atomic E-state index is 0.103. The normalized spacial score (nSPS) is 15.2. The molecule has 1 aliphatic heterocycles. The quantitative estimate of drug-likeness (QED) is 0.572. The lowest BCUT2D eigenvalue weighted by molar-refractivity contribution is -0.120. The van der Waals surface area contributed by atoms with Crippen LogP contribution >= 0.6 is 11.6 Å². The van der Waals surface area contributed by atoms with E-state index in [0.29, 0.717) is 41.2 Å². The fraction of sp³-hybridized carbons (Fsp3) is 0.304. The first kappa shape index (κ1) is 24.0. The molecule has 2 N–H and O–H groups in total. The van der Waals surface area contributed by atoms with E-state index in [1.807, 2.05) is 0 Å². The van der Waals surface area contributed by atoms with Crippen molar-refractivity contribution in [3.05, 3.63) is 77.3 Å². The van der Waals surface area contributed by atoms with Crippen LogP contribution in [0.2, 0.25) is 5.02 Å². The molecule has 2 amide bonds. The Hall–Kier alpha value is -2.68. The summed E-state index contributed by atoms with van der Waals surface area (Å²) in [6, 6.07) is 13.5. The monoisotopic (exact) mass is 475 g/mol. The average Bonchev–Trinajstić information content (AvgIpc) is 2.79. The van der Waals surface area contributed by atoms with Gasteiger partial charge in [0.25, 0.3) is 5.91 Å². The molecule has 1 heterocycles. The topological polar surface area (TPSA) is 95.6 Å². The highest BCUT2D eigenvalue weighted by atomic mass is 35.5. The van der Waals surface area contributed by atoms with E-state index in [1.54, 1.807) is 54.6 Å². The maximum Gasteiger partial charge on any atom is 0.253 e. The summed E-state index contributed by atoms with van der Waals surface area (Å²) >= 11 is 5.86. The maximum absolute atomic E-state index is 12.8. The molecule has 0 aromatic heterocycles. The van der Waals surface area contributed by atoms with Crippen LogP contribution in [0.1, 0.15) is 28.8 Å². The Labute approximate surface area is 193 Å². The van der Waals surface area contributed by atoms with Crippen molar-refractivity contribution >= 4 is 39.1 Å². The van der Waals surface area contributed by atoms with Gasteiger partial charge in [-0.1, -0.05) is 41.9 Å². The van der Waals surface area contributed by atoms with Crippen LogP contribution in [-0.4, -0.2) is 44.2 Å². The van der Waals surface area contributed by atoms with Gasteiger partial charge in [0.15, 0.2) is 0 Å². The summed E-state index contributed by atoms with van der Waals surface area (Å²) in [6.07, 6.45) is 2.40. The van der Waals surface area contributed by atoms with Crippen LogP contribution in [0.25, 0.3) is 0 Å². The summed E-state index contributed by atoms with van der Waals surface area (Å²) in [5, 5.41) is 6.08. The third-order valence-corrected chi connectivity index (χ3v) is 7.42. The lowest BCUT2D eigenvalue weighted by atomic mass is 9.97. The van der Waals surface area contributed by atoms with Crippen molar-refractivity contribution < 1.29 is 18.0 Å². The summed E-state index contributed by atoms with van der Waals surface area (Å²) in [5.41, 5.74) is 1.46. The molecule has 170 valence electrons. The van der Waals surface area contributed by atoms with Gasteiger partial charge in [-0.15, -0.1) is 6.58 Å². The van der Waals surface area contributed by atoms with Crippen LogP contribution in [0.3, 0.4) is 0 Å². The van der Waals surface area contributed by atoms with Crippen molar-refractivity contribution in [3.8, 4) is 0 Å². The molecule has 1 aliphatic rings. The first-order valence-corrected chi connectivity index (χ1v) is 12.3. The average molecular weight is 476 g/mol. The fourth-order valence-electron chi connectivity index (χ4n) is 3.56. The Morgan fingerprint density at radius 3 is 2.41 bits per heavy atom. The highest BCUT2D eigenvalue weighted by Crippen LogP contribution is 2.24. The molecule has 0 aliphatic carbocycles. The number of para-hydroxylation sites is 1.